The van der Waals surface area contributed by atoms with Crippen LogP contribution in [-0.4, -0.2) is 18.8 Å². The van der Waals surface area contributed by atoms with Crippen LogP contribution in [0, 0.1) is 0 Å². The van der Waals surface area contributed by atoms with E-state index >= 15 is 0 Å². The minimum Gasteiger partial charge on any atom is -0.355 e. The average Bonchev–Trinajstić information content (AvgIpc) is 3.26. The Morgan fingerprint density at radius 2 is 2.09 bits per heavy atom. The maximum absolute atomic E-state index is 12.3. The van der Waals surface area contributed by atoms with Crippen LogP contribution < -0.4 is 0 Å². The Morgan fingerprint density at radius 3 is 2.91 bits per heavy atom. The van der Waals surface area contributed by atoms with Crippen LogP contribution in [0.25, 0.3) is 16.3 Å². The second-order valence-corrected chi connectivity index (χ2v) is 7.49. The molecule has 0 fully saturated rings. The number of imidazole rings is 1. The molecule has 4 heterocycles. The maximum atomic E-state index is 12.3. The van der Waals surface area contributed by atoms with Gasteiger partial charge in [-0.2, -0.15) is 0 Å². The predicted molar refractivity (Wildman–Crippen MR) is 90.6 cm³/mol. The van der Waals surface area contributed by atoms with Gasteiger partial charge in [-0.05, 0) is 23.6 Å². The van der Waals surface area contributed by atoms with E-state index < -0.39 is 10.8 Å². The number of thiophene rings is 1. The van der Waals surface area contributed by atoms with Crippen LogP contribution in [0.1, 0.15) is 11.4 Å². The Bertz CT molecular complexity index is 924. The number of pyridine rings is 1. The molecule has 0 radical (unpaired) electrons. The lowest BCUT2D eigenvalue weighted by Gasteiger charge is -1.95. The third kappa shape index (κ3) is 3.11. The first-order chi connectivity index (χ1) is 11.3. The third-order valence-electron chi connectivity index (χ3n) is 3.35. The lowest BCUT2D eigenvalue weighted by atomic mass is 10.3. The van der Waals surface area contributed by atoms with Crippen molar-refractivity contribution in [2.24, 2.45) is 0 Å². The van der Waals surface area contributed by atoms with E-state index in [0.29, 0.717) is 17.2 Å². The number of hydrogen-bond donors (Lipinski definition) is 0. The fraction of sp³-hybridized carbons (Fsp3) is 0.125. The molecule has 0 N–H and O–H groups in total. The molecule has 0 spiro atoms. The molecular weight excluding hydrogens is 330 g/mol. The van der Waals surface area contributed by atoms with Crippen molar-refractivity contribution in [2.45, 2.75) is 11.5 Å². The van der Waals surface area contributed by atoms with Crippen molar-refractivity contribution in [2.75, 3.05) is 0 Å². The highest BCUT2D eigenvalue weighted by Crippen LogP contribution is 2.25. The molecule has 1 atom stereocenters. The molecule has 0 saturated heterocycles. The number of hydrogen-bond acceptors (Lipinski definition) is 5. The fourth-order valence-corrected chi connectivity index (χ4v) is 4.06. The molecule has 4 aromatic rings. The van der Waals surface area contributed by atoms with Gasteiger partial charge in [0.25, 0.3) is 0 Å². The lowest BCUT2D eigenvalue weighted by Crippen LogP contribution is -1.99. The summed E-state index contributed by atoms with van der Waals surface area (Å²) in [4.78, 5) is 5.49. The lowest BCUT2D eigenvalue weighted by molar-refractivity contribution is 0.427. The molecule has 0 aliphatic carbocycles. The molecule has 4 rings (SSSR count). The van der Waals surface area contributed by atoms with Crippen molar-refractivity contribution in [3.8, 4) is 10.6 Å². The van der Waals surface area contributed by atoms with Crippen molar-refractivity contribution in [3.05, 3.63) is 65.6 Å². The summed E-state index contributed by atoms with van der Waals surface area (Å²) in [5, 5.41) is 5.99. The summed E-state index contributed by atoms with van der Waals surface area (Å²) in [6, 6.07) is 11.6. The number of aromatic nitrogens is 3. The SMILES string of the molecule is O=[S@](Cc1cc(-c2cccs2)on1)Cc1cn2ccccc2n1. The van der Waals surface area contributed by atoms with E-state index in [0.717, 1.165) is 22.0 Å². The van der Waals surface area contributed by atoms with Crippen LogP contribution in [-0.2, 0) is 22.3 Å². The average molecular weight is 343 g/mol. The Balaban J connectivity index is 1.45. The number of rotatable bonds is 5. The first-order valence-corrected chi connectivity index (χ1v) is 9.42. The Morgan fingerprint density at radius 1 is 1.17 bits per heavy atom. The highest BCUT2D eigenvalue weighted by Gasteiger charge is 2.12. The zero-order valence-corrected chi connectivity index (χ0v) is 13.7. The van der Waals surface area contributed by atoms with Crippen LogP contribution in [0.4, 0.5) is 0 Å². The standard InChI is InChI=1S/C16H13N3O2S2/c20-23(11-13-9-19-6-2-1-5-16(19)17-13)10-12-8-14(21-18-12)15-4-3-7-22-15/h1-9H,10-11H2/t23-/m1/s1. The molecule has 23 heavy (non-hydrogen) atoms. The van der Waals surface area contributed by atoms with Gasteiger partial charge in [0.1, 0.15) is 5.65 Å². The molecule has 0 bridgehead atoms. The molecule has 4 aromatic heterocycles. The topological polar surface area (TPSA) is 60.4 Å². The van der Waals surface area contributed by atoms with Crippen LogP contribution in [0.5, 0.6) is 0 Å². The van der Waals surface area contributed by atoms with Gasteiger partial charge >= 0.3 is 0 Å². The normalized spacial score (nSPS) is 12.7. The molecule has 7 heteroatoms. The van der Waals surface area contributed by atoms with E-state index in [2.05, 4.69) is 10.1 Å². The summed E-state index contributed by atoms with van der Waals surface area (Å²) in [6.07, 6.45) is 3.84. The summed E-state index contributed by atoms with van der Waals surface area (Å²) >= 11 is 1.59. The monoisotopic (exact) mass is 343 g/mol. The van der Waals surface area contributed by atoms with E-state index in [1.54, 1.807) is 11.3 Å². The zero-order chi connectivity index (χ0) is 15.6. The molecule has 0 amide bonds. The van der Waals surface area contributed by atoms with Crippen molar-refractivity contribution >= 4 is 27.8 Å². The summed E-state index contributed by atoms with van der Waals surface area (Å²) in [6.45, 7) is 0. The highest BCUT2D eigenvalue weighted by atomic mass is 32.2. The summed E-state index contributed by atoms with van der Waals surface area (Å²) < 4.78 is 19.6. The molecule has 0 saturated carbocycles. The van der Waals surface area contributed by atoms with Gasteiger partial charge in [-0.15, -0.1) is 11.3 Å². The second kappa shape index (κ2) is 6.10. The summed E-state index contributed by atoms with van der Waals surface area (Å²) in [5.74, 6) is 1.49. The Labute approximate surface area is 139 Å². The summed E-state index contributed by atoms with van der Waals surface area (Å²) in [5.41, 5.74) is 2.38. The van der Waals surface area contributed by atoms with Crippen LogP contribution in [0.3, 0.4) is 0 Å². The first kappa shape index (κ1) is 14.3. The van der Waals surface area contributed by atoms with Crippen LogP contribution >= 0.6 is 11.3 Å². The van der Waals surface area contributed by atoms with Gasteiger partial charge in [-0.1, -0.05) is 17.3 Å². The molecule has 5 nitrogen and oxygen atoms in total. The van der Waals surface area contributed by atoms with E-state index in [4.69, 9.17) is 4.52 Å². The van der Waals surface area contributed by atoms with Gasteiger partial charge in [0.2, 0.25) is 0 Å². The van der Waals surface area contributed by atoms with Gasteiger partial charge in [-0.3, -0.25) is 4.21 Å². The second-order valence-electron chi connectivity index (χ2n) is 5.09. The number of fused-ring (bicyclic) bond motifs is 1. The molecule has 116 valence electrons. The van der Waals surface area contributed by atoms with E-state index in [1.165, 1.54) is 0 Å². The molecular formula is C16H13N3O2S2. The molecule has 0 aromatic carbocycles. The van der Waals surface area contributed by atoms with Gasteiger partial charge < -0.3 is 8.92 Å². The van der Waals surface area contributed by atoms with Crippen molar-refractivity contribution in [1.82, 2.24) is 14.5 Å². The van der Waals surface area contributed by atoms with Gasteiger partial charge in [0.05, 0.1) is 27.8 Å². The highest BCUT2D eigenvalue weighted by molar-refractivity contribution is 7.83. The van der Waals surface area contributed by atoms with E-state index in [9.17, 15) is 4.21 Å². The zero-order valence-electron chi connectivity index (χ0n) is 12.1. The van der Waals surface area contributed by atoms with Gasteiger partial charge in [0.15, 0.2) is 5.76 Å². The van der Waals surface area contributed by atoms with E-state index in [-0.39, 0.29) is 0 Å². The smallest absolute Gasteiger partial charge is 0.177 e. The van der Waals surface area contributed by atoms with Crippen LogP contribution in [0.15, 0.2) is 58.7 Å². The molecule has 0 aliphatic heterocycles. The number of nitrogens with zero attached hydrogens (tertiary/aromatic N) is 3. The fourth-order valence-electron chi connectivity index (χ4n) is 2.35. The van der Waals surface area contributed by atoms with Gasteiger partial charge in [0, 0.05) is 29.3 Å². The van der Waals surface area contributed by atoms with Gasteiger partial charge in [-0.25, -0.2) is 4.98 Å². The minimum atomic E-state index is -1.08. The largest absolute Gasteiger partial charge is 0.355 e. The quantitative estimate of drug-likeness (QED) is 0.556. The van der Waals surface area contributed by atoms with E-state index in [1.807, 2.05) is 58.6 Å². The van der Waals surface area contributed by atoms with Crippen molar-refractivity contribution in [1.29, 1.82) is 0 Å². The minimum absolute atomic E-state index is 0.364. The van der Waals surface area contributed by atoms with Crippen LogP contribution in [0.2, 0.25) is 0 Å². The van der Waals surface area contributed by atoms with Crippen molar-refractivity contribution < 1.29 is 8.73 Å². The molecule has 0 aliphatic rings. The Hall–Kier alpha value is -2.25. The summed E-state index contributed by atoms with van der Waals surface area (Å²) in [7, 11) is -1.08. The first-order valence-electron chi connectivity index (χ1n) is 7.05. The Kier molecular flexibility index (Phi) is 3.80. The molecule has 0 unspecified atom stereocenters. The predicted octanol–water partition coefficient (Wildman–Crippen LogP) is 3.50. The maximum Gasteiger partial charge on any atom is 0.177 e. The van der Waals surface area contributed by atoms with Crippen molar-refractivity contribution in [3.63, 3.8) is 0 Å². The third-order valence-corrected chi connectivity index (χ3v) is 5.47.